The molecule has 1 aliphatic carbocycles. The molecule has 0 aliphatic heterocycles. The highest BCUT2D eigenvalue weighted by atomic mass is 16.5. The maximum Gasteiger partial charge on any atom is 0.309 e. The molecule has 1 heterocycles. The van der Waals surface area contributed by atoms with Crippen LogP contribution in [-0.4, -0.2) is 10.5 Å². The third kappa shape index (κ3) is 4.45. The minimum atomic E-state index is -0.0521. The molecule has 0 spiro atoms. The van der Waals surface area contributed by atoms with Crippen LogP contribution in [0.25, 0.3) is 0 Å². The molecule has 0 radical (unpaired) electrons. The van der Waals surface area contributed by atoms with Gasteiger partial charge in [0.1, 0.15) is 6.20 Å². The van der Waals surface area contributed by atoms with Crippen LogP contribution in [0.1, 0.15) is 51.6 Å². The van der Waals surface area contributed by atoms with Crippen molar-refractivity contribution in [1.82, 2.24) is 4.57 Å². The second kappa shape index (κ2) is 7.43. The average Bonchev–Trinajstić information content (AvgIpc) is 2.83. The summed E-state index contributed by atoms with van der Waals surface area (Å²) in [5.41, 5.74) is 2.35. The summed E-state index contributed by atoms with van der Waals surface area (Å²) in [7, 11) is 2.00. The van der Waals surface area contributed by atoms with E-state index < -0.39 is 0 Å². The number of hydrogen-bond acceptors (Lipinski definition) is 2. The van der Waals surface area contributed by atoms with Gasteiger partial charge in [0.05, 0.1) is 19.5 Å². The maximum absolute atomic E-state index is 12.1. The van der Waals surface area contributed by atoms with Gasteiger partial charge < -0.3 is 4.74 Å². The number of allylic oxidation sites excluding steroid dienone is 2. The lowest BCUT2D eigenvalue weighted by molar-refractivity contribution is -0.697. The summed E-state index contributed by atoms with van der Waals surface area (Å²) in [6.45, 7) is 5.67. The van der Waals surface area contributed by atoms with Gasteiger partial charge in [0.25, 0.3) is 0 Å². The van der Waals surface area contributed by atoms with Crippen LogP contribution >= 0.6 is 0 Å². The normalized spacial score (nSPS) is 18.4. The molecule has 21 heavy (non-hydrogen) atoms. The number of aromatic nitrogens is 2. The first kappa shape index (κ1) is 15.8. The quantitative estimate of drug-likeness (QED) is 0.459. The highest BCUT2D eigenvalue weighted by molar-refractivity contribution is 5.73. The van der Waals surface area contributed by atoms with Crippen LogP contribution in [0.2, 0.25) is 0 Å². The number of carbonyl (C=O) groups excluding carboxylic acids is 1. The Morgan fingerprint density at radius 1 is 1.52 bits per heavy atom. The molecule has 1 unspecified atom stereocenters. The molecule has 0 fully saturated rings. The van der Waals surface area contributed by atoms with Crippen molar-refractivity contribution in [2.24, 2.45) is 13.0 Å². The van der Waals surface area contributed by atoms with Crippen molar-refractivity contribution < 1.29 is 14.1 Å². The monoisotopic (exact) mass is 291 g/mol. The van der Waals surface area contributed by atoms with Gasteiger partial charge in [-0.05, 0) is 32.6 Å². The van der Waals surface area contributed by atoms with Crippen LogP contribution in [0.5, 0.6) is 0 Å². The Hall–Kier alpha value is -1.58. The van der Waals surface area contributed by atoms with Crippen molar-refractivity contribution in [3.63, 3.8) is 0 Å². The highest BCUT2D eigenvalue weighted by Gasteiger charge is 2.23. The third-order valence-electron chi connectivity index (χ3n) is 4.13. The molecule has 0 saturated heterocycles. The van der Waals surface area contributed by atoms with Crippen molar-refractivity contribution in [1.29, 1.82) is 0 Å². The van der Waals surface area contributed by atoms with Crippen molar-refractivity contribution >= 4 is 5.97 Å². The number of rotatable bonds is 6. The fourth-order valence-corrected chi connectivity index (χ4v) is 2.78. The maximum atomic E-state index is 12.1. The van der Waals surface area contributed by atoms with Gasteiger partial charge in [0.2, 0.25) is 6.33 Å². The van der Waals surface area contributed by atoms with Crippen LogP contribution in [0.3, 0.4) is 0 Å². The van der Waals surface area contributed by atoms with Gasteiger partial charge in [-0.1, -0.05) is 25.0 Å². The molecule has 4 heteroatoms. The summed E-state index contributed by atoms with van der Waals surface area (Å²) in [6, 6.07) is 0. The Morgan fingerprint density at radius 2 is 2.33 bits per heavy atom. The summed E-state index contributed by atoms with van der Waals surface area (Å²) in [4.78, 5) is 12.1. The van der Waals surface area contributed by atoms with Gasteiger partial charge >= 0.3 is 5.97 Å². The third-order valence-corrected chi connectivity index (χ3v) is 4.13. The molecular weight excluding hydrogens is 264 g/mol. The summed E-state index contributed by atoms with van der Waals surface area (Å²) in [5, 5.41) is 0. The lowest BCUT2D eigenvalue weighted by Crippen LogP contribution is -2.30. The predicted octanol–water partition coefficient (Wildman–Crippen LogP) is 2.90. The molecule has 4 nitrogen and oxygen atoms in total. The average molecular weight is 291 g/mol. The van der Waals surface area contributed by atoms with E-state index in [0.717, 1.165) is 31.5 Å². The summed E-state index contributed by atoms with van der Waals surface area (Å²) in [6.07, 6.45) is 11.5. The lowest BCUT2D eigenvalue weighted by atomic mass is 9.90. The van der Waals surface area contributed by atoms with Crippen molar-refractivity contribution in [2.75, 3.05) is 0 Å². The largest absolute Gasteiger partial charge is 0.457 e. The Balaban J connectivity index is 1.86. The minimum Gasteiger partial charge on any atom is -0.457 e. The fourth-order valence-electron chi connectivity index (χ4n) is 2.78. The molecule has 0 N–H and O–H groups in total. The van der Waals surface area contributed by atoms with Gasteiger partial charge in [0, 0.05) is 0 Å². The van der Waals surface area contributed by atoms with Crippen LogP contribution in [0.15, 0.2) is 24.2 Å². The Kier molecular flexibility index (Phi) is 5.59. The first-order valence-corrected chi connectivity index (χ1v) is 7.96. The van der Waals surface area contributed by atoms with Gasteiger partial charge in [-0.3, -0.25) is 4.79 Å². The van der Waals surface area contributed by atoms with E-state index in [4.69, 9.17) is 4.74 Å². The van der Waals surface area contributed by atoms with Crippen molar-refractivity contribution in [2.45, 2.75) is 59.1 Å². The van der Waals surface area contributed by atoms with Crippen molar-refractivity contribution in [3.8, 4) is 0 Å². The van der Waals surface area contributed by atoms with Crippen LogP contribution in [0, 0.1) is 5.92 Å². The number of imidazole rings is 1. The van der Waals surface area contributed by atoms with Crippen molar-refractivity contribution in [3.05, 3.63) is 29.9 Å². The Bertz CT molecular complexity index is 517. The number of hydrogen-bond donors (Lipinski definition) is 0. The molecule has 1 aliphatic rings. The van der Waals surface area contributed by atoms with E-state index in [9.17, 15) is 4.79 Å². The van der Waals surface area contributed by atoms with Gasteiger partial charge in [-0.15, -0.1) is 0 Å². The zero-order valence-electron chi connectivity index (χ0n) is 13.5. The van der Waals surface area contributed by atoms with E-state index in [-0.39, 0.29) is 11.9 Å². The Morgan fingerprint density at radius 3 is 3.05 bits per heavy atom. The molecule has 0 aromatic carbocycles. The van der Waals surface area contributed by atoms with Crippen LogP contribution in [0.4, 0.5) is 0 Å². The number of unbranched alkanes of at least 4 members (excludes halogenated alkanes) is 1. The Labute approximate surface area is 127 Å². The zero-order valence-corrected chi connectivity index (χ0v) is 13.5. The molecule has 1 aromatic heterocycles. The fraction of sp³-hybridized carbons (Fsp3) is 0.647. The van der Waals surface area contributed by atoms with Crippen LogP contribution < -0.4 is 4.57 Å². The standard InChI is InChI=1S/C17H27N2O2/c1-4-5-9-19-11-16(18(3)13-19)12-21-17(20)15-8-6-7-14(2)10-15/h7,11,13,15H,4-6,8-10,12H2,1-3H3/q+1. The molecule has 1 atom stereocenters. The number of nitrogens with zero attached hydrogens (tertiary/aromatic N) is 2. The van der Waals surface area contributed by atoms with E-state index in [0.29, 0.717) is 6.61 Å². The second-order valence-corrected chi connectivity index (χ2v) is 6.07. The van der Waals surface area contributed by atoms with E-state index in [1.807, 2.05) is 11.6 Å². The topological polar surface area (TPSA) is 35.1 Å². The van der Waals surface area contributed by atoms with Gasteiger partial charge in [-0.25, -0.2) is 9.13 Å². The summed E-state index contributed by atoms with van der Waals surface area (Å²) in [5.74, 6) is -0.00811. The second-order valence-electron chi connectivity index (χ2n) is 6.07. The van der Waals surface area contributed by atoms with Gasteiger partial charge in [0.15, 0.2) is 12.3 Å². The first-order valence-electron chi connectivity index (χ1n) is 7.96. The SMILES string of the molecule is CCCC[n+]1cc(COC(=O)C2CCC=C(C)C2)n(C)c1. The zero-order chi connectivity index (χ0) is 15.2. The van der Waals surface area contributed by atoms with E-state index in [1.165, 1.54) is 18.4 Å². The van der Waals surface area contributed by atoms with Crippen LogP contribution in [-0.2, 0) is 29.7 Å². The summed E-state index contributed by atoms with van der Waals surface area (Å²) >= 11 is 0. The number of carbonyl (C=O) groups is 1. The molecule has 1 aromatic rings. The van der Waals surface area contributed by atoms with E-state index in [2.05, 4.69) is 37.0 Å². The minimum absolute atomic E-state index is 0.0440. The van der Waals surface area contributed by atoms with E-state index >= 15 is 0 Å². The molecule has 0 saturated carbocycles. The molecule has 2 rings (SSSR count). The highest BCUT2D eigenvalue weighted by Crippen LogP contribution is 2.24. The smallest absolute Gasteiger partial charge is 0.309 e. The molecule has 0 amide bonds. The molecular formula is C17H27N2O2+. The number of aryl methyl sites for hydroxylation is 2. The number of esters is 1. The summed E-state index contributed by atoms with van der Waals surface area (Å²) < 4.78 is 9.72. The molecule has 0 bridgehead atoms. The number of ether oxygens (including phenoxy) is 1. The lowest BCUT2D eigenvalue weighted by Gasteiger charge is -2.19. The predicted molar refractivity (Wildman–Crippen MR) is 81.4 cm³/mol. The molecule has 116 valence electrons. The first-order chi connectivity index (χ1) is 10.1. The van der Waals surface area contributed by atoms with Gasteiger partial charge in [-0.2, -0.15) is 0 Å². The van der Waals surface area contributed by atoms with E-state index in [1.54, 1.807) is 0 Å².